The maximum absolute atomic E-state index is 11.3. The molecule has 0 aromatic carbocycles. The van der Waals surface area contributed by atoms with E-state index in [2.05, 4.69) is 52.2 Å². The molecule has 142 valence electrons. The highest BCUT2D eigenvalue weighted by molar-refractivity contribution is 5.80. The van der Waals surface area contributed by atoms with Crippen LogP contribution in [0.15, 0.2) is 0 Å². The molecule has 2 unspecified atom stereocenters. The predicted octanol–water partition coefficient (Wildman–Crippen LogP) is 4.14. The first kappa shape index (κ1) is 22.9. The van der Waals surface area contributed by atoms with Crippen molar-refractivity contribution in [3.63, 3.8) is 0 Å². The molecule has 0 spiro atoms. The van der Waals surface area contributed by atoms with E-state index in [1.54, 1.807) is 0 Å². The first-order valence-corrected chi connectivity index (χ1v) is 9.56. The summed E-state index contributed by atoms with van der Waals surface area (Å²) in [6, 6.07) is 0. The van der Waals surface area contributed by atoms with Gasteiger partial charge in [0, 0.05) is 25.4 Å². The molecule has 2 amide bonds. The zero-order valence-corrected chi connectivity index (χ0v) is 17.2. The number of amides is 2. The maximum atomic E-state index is 11.3. The Morgan fingerprint density at radius 2 is 1.42 bits per heavy atom. The summed E-state index contributed by atoms with van der Waals surface area (Å²) in [7, 11) is 0. The van der Waals surface area contributed by atoms with Crippen LogP contribution in [0.4, 0.5) is 0 Å². The van der Waals surface area contributed by atoms with E-state index in [-0.39, 0.29) is 28.6 Å². The molecule has 4 heteroatoms. The van der Waals surface area contributed by atoms with Crippen LogP contribution in [0.1, 0.15) is 81.1 Å². The highest BCUT2D eigenvalue weighted by Crippen LogP contribution is 2.32. The lowest BCUT2D eigenvalue weighted by Crippen LogP contribution is -2.42. The number of hydrogen-bond donors (Lipinski definition) is 2. The smallest absolute Gasteiger partial charge is 0.223 e. The molecule has 0 saturated carbocycles. The van der Waals surface area contributed by atoms with E-state index in [0.29, 0.717) is 12.3 Å². The van der Waals surface area contributed by atoms with Gasteiger partial charge in [-0.3, -0.25) is 9.59 Å². The zero-order valence-electron chi connectivity index (χ0n) is 17.2. The molecule has 24 heavy (non-hydrogen) atoms. The van der Waals surface area contributed by atoms with Crippen molar-refractivity contribution in [2.75, 3.05) is 13.1 Å². The lowest BCUT2D eigenvalue weighted by molar-refractivity contribution is -0.130. The molecule has 4 nitrogen and oxygen atoms in total. The average molecular weight is 341 g/mol. The zero-order chi connectivity index (χ0) is 19.0. The van der Waals surface area contributed by atoms with Crippen molar-refractivity contribution < 1.29 is 9.59 Å². The van der Waals surface area contributed by atoms with Gasteiger partial charge in [-0.15, -0.1) is 0 Å². The van der Waals surface area contributed by atoms with Gasteiger partial charge in [0.15, 0.2) is 0 Å². The molecule has 2 atom stereocenters. The lowest BCUT2D eigenvalue weighted by Gasteiger charge is -2.33. The van der Waals surface area contributed by atoms with Crippen LogP contribution < -0.4 is 10.6 Å². The number of piperidine rings is 2. The topological polar surface area (TPSA) is 58.2 Å². The average Bonchev–Trinajstić information content (AvgIpc) is 2.48. The minimum atomic E-state index is 0.129. The Morgan fingerprint density at radius 1 is 0.833 bits per heavy atom. The number of carbonyl (C=O) groups excluding carboxylic acids is 2. The molecule has 2 N–H and O–H groups in total. The van der Waals surface area contributed by atoms with Crippen LogP contribution in [0.3, 0.4) is 0 Å². The highest BCUT2D eigenvalue weighted by Gasteiger charge is 2.32. The van der Waals surface area contributed by atoms with E-state index in [9.17, 15) is 9.59 Å². The second kappa shape index (κ2) is 10.0. The van der Waals surface area contributed by atoms with Gasteiger partial charge in [0.1, 0.15) is 0 Å². The van der Waals surface area contributed by atoms with Crippen molar-refractivity contribution in [1.82, 2.24) is 10.6 Å². The van der Waals surface area contributed by atoms with Gasteiger partial charge < -0.3 is 10.6 Å². The van der Waals surface area contributed by atoms with E-state index < -0.39 is 0 Å². The summed E-state index contributed by atoms with van der Waals surface area (Å²) in [4.78, 5) is 22.3. The molecule has 2 aliphatic rings. The Labute approximate surface area is 149 Å². The molecule has 0 aromatic heterocycles. The number of hydrogen-bond acceptors (Lipinski definition) is 2. The fraction of sp³-hybridized carbons (Fsp3) is 0.900. The minimum absolute atomic E-state index is 0.129. The third kappa shape index (κ3) is 8.16. The van der Waals surface area contributed by atoms with E-state index in [1.165, 1.54) is 0 Å². The van der Waals surface area contributed by atoms with Gasteiger partial charge >= 0.3 is 0 Å². The van der Waals surface area contributed by atoms with E-state index in [0.717, 1.165) is 32.4 Å². The first-order valence-electron chi connectivity index (χ1n) is 9.56. The van der Waals surface area contributed by atoms with Crippen LogP contribution in [0.5, 0.6) is 0 Å². The number of carbonyl (C=O) groups is 2. The number of nitrogens with one attached hydrogen (secondary N) is 2. The van der Waals surface area contributed by atoms with Crippen molar-refractivity contribution in [2.45, 2.75) is 81.1 Å². The number of rotatable bonds is 0. The van der Waals surface area contributed by atoms with Crippen LogP contribution >= 0.6 is 0 Å². The largest absolute Gasteiger partial charge is 0.356 e. The van der Waals surface area contributed by atoms with Gasteiger partial charge in [0.05, 0.1) is 0 Å². The van der Waals surface area contributed by atoms with E-state index in [4.69, 9.17) is 0 Å². The van der Waals surface area contributed by atoms with Crippen molar-refractivity contribution >= 4 is 11.8 Å². The van der Waals surface area contributed by atoms with E-state index >= 15 is 0 Å². The van der Waals surface area contributed by atoms with Gasteiger partial charge in [-0.05, 0) is 36.0 Å². The molecular weight excluding hydrogens is 300 g/mol. The minimum Gasteiger partial charge on any atom is -0.356 e. The van der Waals surface area contributed by atoms with Crippen molar-refractivity contribution in [3.8, 4) is 0 Å². The Hall–Kier alpha value is -1.06. The predicted molar refractivity (Wildman–Crippen MR) is 102 cm³/mol. The maximum Gasteiger partial charge on any atom is 0.223 e. The first-order chi connectivity index (χ1) is 11.0. The van der Waals surface area contributed by atoms with Gasteiger partial charge in [0.2, 0.25) is 11.8 Å². The van der Waals surface area contributed by atoms with Crippen molar-refractivity contribution in [1.29, 1.82) is 0 Å². The Bertz CT molecular complexity index is 391. The van der Waals surface area contributed by atoms with Gasteiger partial charge in [0.25, 0.3) is 0 Å². The Balaban J connectivity index is 0.000000400. The second-order valence-corrected chi connectivity index (χ2v) is 8.76. The molecule has 0 aliphatic carbocycles. The molecule has 2 saturated heterocycles. The summed E-state index contributed by atoms with van der Waals surface area (Å²) >= 11 is 0. The summed E-state index contributed by atoms with van der Waals surface area (Å²) < 4.78 is 0. The van der Waals surface area contributed by atoms with Crippen LogP contribution in [0, 0.1) is 22.7 Å². The molecule has 2 heterocycles. The van der Waals surface area contributed by atoms with Gasteiger partial charge in [-0.1, -0.05) is 55.4 Å². The molecule has 2 fully saturated rings. The summed E-state index contributed by atoms with van der Waals surface area (Å²) in [5.41, 5.74) is 0.419. The normalized spacial score (nSPS) is 24.5. The SMILES string of the molecule is CC.CC(C)(C)C1CCCNC1=O.CC(C)(C)C1CCNC(=O)C1. The van der Waals surface area contributed by atoms with Crippen LogP contribution in [0.2, 0.25) is 0 Å². The summed E-state index contributed by atoms with van der Waals surface area (Å²) in [6.07, 6.45) is 4.03. The quantitative estimate of drug-likeness (QED) is 0.696. The highest BCUT2D eigenvalue weighted by atomic mass is 16.2. The fourth-order valence-corrected chi connectivity index (χ4v) is 3.12. The van der Waals surface area contributed by atoms with Gasteiger partial charge in [-0.25, -0.2) is 0 Å². The third-order valence-electron chi connectivity index (χ3n) is 4.80. The third-order valence-corrected chi connectivity index (χ3v) is 4.80. The lowest BCUT2D eigenvalue weighted by atomic mass is 9.75. The van der Waals surface area contributed by atoms with Crippen LogP contribution in [-0.2, 0) is 9.59 Å². The molecule has 0 bridgehead atoms. The van der Waals surface area contributed by atoms with Crippen molar-refractivity contribution in [2.24, 2.45) is 22.7 Å². The van der Waals surface area contributed by atoms with Gasteiger partial charge in [-0.2, -0.15) is 0 Å². The summed E-state index contributed by atoms with van der Waals surface area (Å²) in [5, 5.41) is 5.74. The molecule has 0 radical (unpaired) electrons. The molecular formula is C20H40N2O2. The molecule has 2 rings (SSSR count). The fourth-order valence-electron chi connectivity index (χ4n) is 3.12. The summed E-state index contributed by atoms with van der Waals surface area (Å²) in [6.45, 7) is 18.7. The Kier molecular flexibility index (Phi) is 9.61. The summed E-state index contributed by atoms with van der Waals surface area (Å²) in [5.74, 6) is 1.24. The monoisotopic (exact) mass is 340 g/mol. The van der Waals surface area contributed by atoms with E-state index in [1.807, 2.05) is 13.8 Å². The Morgan fingerprint density at radius 3 is 1.75 bits per heavy atom. The van der Waals surface area contributed by atoms with Crippen LogP contribution in [-0.4, -0.2) is 24.9 Å². The molecule has 2 aliphatic heterocycles. The second-order valence-electron chi connectivity index (χ2n) is 8.76. The standard InChI is InChI=1S/2C9H17NO.C2H6/c1-9(2,3)7-4-5-10-8(11)6-7;1-9(2,3)7-5-4-6-10-8(7)11;1-2/h2*7H,4-6H2,1-3H3,(H,10,11);1-2H3. The molecule has 0 aromatic rings. The van der Waals surface area contributed by atoms with Crippen LogP contribution in [0.25, 0.3) is 0 Å². The van der Waals surface area contributed by atoms with Crippen molar-refractivity contribution in [3.05, 3.63) is 0 Å².